The molecule has 1 saturated heterocycles. The Bertz CT molecular complexity index is 889. The number of rotatable bonds is 8. The summed E-state index contributed by atoms with van der Waals surface area (Å²) in [7, 11) is 2.00. The van der Waals surface area contributed by atoms with Crippen LogP contribution >= 0.6 is 11.9 Å². The molecule has 0 saturated carbocycles. The number of benzene rings is 2. The van der Waals surface area contributed by atoms with Crippen molar-refractivity contribution in [2.45, 2.75) is 25.2 Å². The van der Waals surface area contributed by atoms with Gasteiger partial charge in [-0.2, -0.15) is 0 Å². The minimum absolute atomic E-state index is 0.00378. The number of carbonyl (C=O) groups excluding carboxylic acids is 2. The Balaban J connectivity index is 1.47. The first-order valence-electron chi connectivity index (χ1n) is 10.9. The van der Waals surface area contributed by atoms with Gasteiger partial charge in [0.25, 0.3) is 5.91 Å². The molecule has 32 heavy (non-hydrogen) atoms. The van der Waals surface area contributed by atoms with E-state index in [4.69, 9.17) is 9.47 Å². The Kier molecular flexibility index (Phi) is 8.67. The summed E-state index contributed by atoms with van der Waals surface area (Å²) in [6.07, 6.45) is 0.790. The van der Waals surface area contributed by atoms with Crippen LogP contribution in [0.15, 0.2) is 53.4 Å². The zero-order chi connectivity index (χ0) is 22.9. The molecular formula is C24H31N3O4S. The largest absolute Gasteiger partial charge is 0.494 e. The van der Waals surface area contributed by atoms with E-state index >= 15 is 0 Å². The molecule has 1 aliphatic heterocycles. The van der Waals surface area contributed by atoms with Gasteiger partial charge in [0, 0.05) is 50.7 Å². The molecule has 7 nitrogen and oxygen atoms in total. The molecular weight excluding hydrogens is 426 g/mol. The van der Waals surface area contributed by atoms with Gasteiger partial charge in [-0.05, 0) is 73.8 Å². The smallest absolute Gasteiger partial charge is 0.260 e. The summed E-state index contributed by atoms with van der Waals surface area (Å²) in [6.45, 7) is 6.67. The molecule has 0 radical (unpaired) electrons. The highest BCUT2D eigenvalue weighted by molar-refractivity contribution is 8.00. The molecule has 2 aromatic carbocycles. The summed E-state index contributed by atoms with van der Waals surface area (Å²) in [6, 6.07) is 15.7. The van der Waals surface area contributed by atoms with Crippen molar-refractivity contribution >= 4 is 29.4 Å². The maximum absolute atomic E-state index is 12.5. The number of ether oxygens (including phenoxy) is 2. The van der Waals surface area contributed by atoms with Crippen LogP contribution in [-0.2, 0) is 9.59 Å². The molecule has 0 bridgehead atoms. The highest BCUT2D eigenvalue weighted by atomic mass is 32.2. The van der Waals surface area contributed by atoms with Crippen molar-refractivity contribution in [3.05, 3.63) is 48.5 Å². The van der Waals surface area contributed by atoms with Crippen LogP contribution in [-0.4, -0.2) is 68.1 Å². The van der Waals surface area contributed by atoms with Crippen LogP contribution in [0.1, 0.15) is 20.3 Å². The van der Waals surface area contributed by atoms with E-state index < -0.39 is 0 Å². The summed E-state index contributed by atoms with van der Waals surface area (Å²) in [5.41, 5.74) is 1.03. The lowest BCUT2D eigenvalue weighted by Gasteiger charge is -2.21. The summed E-state index contributed by atoms with van der Waals surface area (Å²) < 4.78 is 13.3. The molecule has 2 aromatic rings. The van der Waals surface area contributed by atoms with Crippen molar-refractivity contribution in [3.63, 3.8) is 0 Å². The Morgan fingerprint density at radius 1 is 0.906 bits per heavy atom. The third kappa shape index (κ3) is 6.82. The fourth-order valence-electron chi connectivity index (χ4n) is 3.44. The third-order valence-corrected chi connectivity index (χ3v) is 6.20. The number of anilines is 1. The topological polar surface area (TPSA) is 62.3 Å². The zero-order valence-electron chi connectivity index (χ0n) is 19.0. The first-order chi connectivity index (χ1) is 15.5. The zero-order valence-corrected chi connectivity index (χ0v) is 19.8. The minimum atomic E-state index is -0.0531. The Hall–Kier alpha value is -2.87. The van der Waals surface area contributed by atoms with E-state index in [-0.39, 0.29) is 18.4 Å². The molecule has 3 rings (SSSR count). The van der Waals surface area contributed by atoms with E-state index in [1.807, 2.05) is 62.5 Å². The molecule has 1 aliphatic rings. The number of hydrogen-bond donors (Lipinski definition) is 0. The summed E-state index contributed by atoms with van der Waals surface area (Å²) in [5, 5.41) is 0. The van der Waals surface area contributed by atoms with Gasteiger partial charge in [0.2, 0.25) is 5.91 Å². The number of amides is 2. The van der Waals surface area contributed by atoms with Crippen LogP contribution in [0.25, 0.3) is 0 Å². The standard InChI is InChI=1S/C24H31N3O4S/c1-4-30-21-10-12-23(13-11-21)32-25(3)20-6-8-22(9-7-20)31-18-24(29)27-15-5-14-26(16-17-27)19(2)28/h6-13H,4-5,14-18H2,1-3H3. The Morgan fingerprint density at radius 2 is 1.50 bits per heavy atom. The van der Waals surface area contributed by atoms with Gasteiger partial charge in [0.1, 0.15) is 11.5 Å². The quantitative estimate of drug-likeness (QED) is 0.564. The molecule has 0 spiro atoms. The maximum Gasteiger partial charge on any atom is 0.260 e. The molecule has 2 amide bonds. The van der Waals surface area contributed by atoms with Crippen LogP contribution in [0, 0.1) is 0 Å². The first kappa shape index (κ1) is 23.8. The van der Waals surface area contributed by atoms with Crippen molar-refractivity contribution in [3.8, 4) is 11.5 Å². The van der Waals surface area contributed by atoms with Gasteiger partial charge in [-0.3, -0.25) is 9.59 Å². The minimum Gasteiger partial charge on any atom is -0.494 e. The fourth-order valence-corrected chi connectivity index (χ4v) is 4.25. The number of carbonyl (C=O) groups is 2. The van der Waals surface area contributed by atoms with Crippen LogP contribution in [0.4, 0.5) is 5.69 Å². The highest BCUT2D eigenvalue weighted by Crippen LogP contribution is 2.29. The van der Waals surface area contributed by atoms with Gasteiger partial charge in [-0.15, -0.1) is 0 Å². The summed E-state index contributed by atoms with van der Waals surface area (Å²) in [5.74, 6) is 1.53. The molecule has 0 aromatic heterocycles. The van der Waals surface area contributed by atoms with Gasteiger partial charge in [-0.1, -0.05) is 0 Å². The molecule has 0 unspecified atom stereocenters. The van der Waals surface area contributed by atoms with Crippen LogP contribution in [0.2, 0.25) is 0 Å². The van der Waals surface area contributed by atoms with E-state index in [1.54, 1.807) is 28.7 Å². The molecule has 172 valence electrons. The second-order valence-electron chi connectivity index (χ2n) is 7.52. The van der Waals surface area contributed by atoms with Crippen LogP contribution in [0.3, 0.4) is 0 Å². The van der Waals surface area contributed by atoms with Crippen molar-refractivity contribution in [1.29, 1.82) is 0 Å². The Morgan fingerprint density at radius 3 is 2.16 bits per heavy atom. The van der Waals surface area contributed by atoms with Gasteiger partial charge in [0.15, 0.2) is 6.61 Å². The van der Waals surface area contributed by atoms with E-state index in [0.717, 1.165) is 22.8 Å². The monoisotopic (exact) mass is 457 g/mol. The predicted molar refractivity (Wildman–Crippen MR) is 127 cm³/mol. The van der Waals surface area contributed by atoms with E-state index in [1.165, 1.54) is 0 Å². The van der Waals surface area contributed by atoms with E-state index in [2.05, 4.69) is 4.31 Å². The summed E-state index contributed by atoms with van der Waals surface area (Å²) in [4.78, 5) is 28.7. The highest BCUT2D eigenvalue weighted by Gasteiger charge is 2.20. The van der Waals surface area contributed by atoms with Gasteiger partial charge >= 0.3 is 0 Å². The van der Waals surface area contributed by atoms with E-state index in [9.17, 15) is 9.59 Å². The first-order valence-corrected chi connectivity index (χ1v) is 11.6. The molecule has 0 aliphatic carbocycles. The lowest BCUT2D eigenvalue weighted by Crippen LogP contribution is -2.38. The summed E-state index contributed by atoms with van der Waals surface area (Å²) >= 11 is 1.62. The molecule has 1 fully saturated rings. The lowest BCUT2D eigenvalue weighted by molar-refractivity contribution is -0.134. The maximum atomic E-state index is 12.5. The molecule has 1 heterocycles. The number of hydrogen-bond acceptors (Lipinski definition) is 6. The molecule has 8 heteroatoms. The average molecular weight is 458 g/mol. The second-order valence-corrected chi connectivity index (χ2v) is 8.72. The van der Waals surface area contributed by atoms with Gasteiger partial charge in [0.05, 0.1) is 6.61 Å². The second kappa shape index (κ2) is 11.7. The average Bonchev–Trinajstić information content (AvgIpc) is 3.06. The van der Waals surface area contributed by atoms with Crippen molar-refractivity contribution < 1.29 is 19.1 Å². The predicted octanol–water partition coefficient (Wildman–Crippen LogP) is 3.69. The van der Waals surface area contributed by atoms with Crippen LogP contribution in [0.5, 0.6) is 11.5 Å². The SMILES string of the molecule is CCOc1ccc(SN(C)c2ccc(OCC(=O)N3CCCN(C(C)=O)CC3)cc2)cc1. The lowest BCUT2D eigenvalue weighted by atomic mass is 10.3. The van der Waals surface area contributed by atoms with Crippen molar-refractivity contribution in [2.75, 3.05) is 50.7 Å². The molecule has 0 N–H and O–H groups in total. The normalized spacial score (nSPS) is 14.0. The van der Waals surface area contributed by atoms with Gasteiger partial charge < -0.3 is 23.6 Å². The molecule has 0 atom stereocenters. The Labute approximate surface area is 194 Å². The van der Waals surface area contributed by atoms with E-state index in [0.29, 0.717) is 38.5 Å². The van der Waals surface area contributed by atoms with Crippen LogP contribution < -0.4 is 13.8 Å². The van der Waals surface area contributed by atoms with Gasteiger partial charge in [-0.25, -0.2) is 0 Å². The third-order valence-electron chi connectivity index (χ3n) is 5.23. The van der Waals surface area contributed by atoms with Crippen molar-refractivity contribution in [2.24, 2.45) is 0 Å². The number of nitrogens with zero attached hydrogens (tertiary/aromatic N) is 3. The van der Waals surface area contributed by atoms with Crippen molar-refractivity contribution in [1.82, 2.24) is 9.80 Å². The fraction of sp³-hybridized carbons (Fsp3) is 0.417.